The first-order chi connectivity index (χ1) is 8.11. The molecule has 0 spiro atoms. The number of aryl methyl sites for hydroxylation is 1. The van der Waals surface area contributed by atoms with Crippen LogP contribution in [0.3, 0.4) is 0 Å². The summed E-state index contributed by atoms with van der Waals surface area (Å²) in [5.74, 6) is 0. The molecule has 0 aliphatic carbocycles. The summed E-state index contributed by atoms with van der Waals surface area (Å²) in [6, 6.07) is 6.94. The average molecular weight is 234 g/mol. The molecular formula is C14H22N2O. The zero-order chi connectivity index (χ0) is 12.4. The molecule has 1 fully saturated rings. The fraction of sp³-hybridized carbons (Fsp3) is 0.571. The summed E-state index contributed by atoms with van der Waals surface area (Å²) >= 11 is 0. The lowest BCUT2D eigenvalue weighted by atomic mass is 10.1. The highest BCUT2D eigenvalue weighted by Gasteiger charge is 2.20. The van der Waals surface area contributed by atoms with Crippen LogP contribution in [0.25, 0.3) is 0 Å². The van der Waals surface area contributed by atoms with E-state index < -0.39 is 0 Å². The maximum atomic E-state index is 9.18. The van der Waals surface area contributed by atoms with Gasteiger partial charge >= 0.3 is 0 Å². The van der Waals surface area contributed by atoms with Gasteiger partial charge in [-0.05, 0) is 44.2 Å². The van der Waals surface area contributed by atoms with E-state index in [4.69, 9.17) is 0 Å². The molecule has 1 atom stereocenters. The molecule has 3 nitrogen and oxygen atoms in total. The number of aliphatic hydroxyl groups is 1. The van der Waals surface area contributed by atoms with Crippen LogP contribution in [0.2, 0.25) is 0 Å². The molecule has 1 aromatic carbocycles. The highest BCUT2D eigenvalue weighted by Crippen LogP contribution is 2.21. The molecule has 1 aliphatic rings. The average Bonchev–Trinajstić information content (AvgIpc) is 2.32. The summed E-state index contributed by atoms with van der Waals surface area (Å²) < 4.78 is 0. The van der Waals surface area contributed by atoms with Gasteiger partial charge in [-0.2, -0.15) is 0 Å². The van der Waals surface area contributed by atoms with Crippen molar-refractivity contribution in [2.75, 3.05) is 31.6 Å². The Morgan fingerprint density at radius 1 is 1.35 bits per heavy atom. The number of hydrogen-bond donors (Lipinski definition) is 1. The molecule has 1 aromatic rings. The van der Waals surface area contributed by atoms with Gasteiger partial charge in [-0.25, -0.2) is 0 Å². The van der Waals surface area contributed by atoms with Crippen molar-refractivity contribution in [2.45, 2.75) is 26.5 Å². The maximum absolute atomic E-state index is 9.18. The molecule has 1 heterocycles. The van der Waals surface area contributed by atoms with Gasteiger partial charge in [-0.3, -0.25) is 0 Å². The summed E-state index contributed by atoms with van der Waals surface area (Å²) in [6.45, 7) is 7.73. The Balaban J connectivity index is 2.15. The van der Waals surface area contributed by atoms with Crippen molar-refractivity contribution in [3.8, 4) is 0 Å². The van der Waals surface area contributed by atoms with Gasteiger partial charge in [0.15, 0.2) is 0 Å². The van der Waals surface area contributed by atoms with Crippen LogP contribution in [-0.2, 0) is 6.61 Å². The Hall–Kier alpha value is -1.06. The first-order valence-corrected chi connectivity index (χ1v) is 6.27. The topological polar surface area (TPSA) is 26.7 Å². The number of anilines is 1. The molecule has 1 saturated heterocycles. The predicted molar refractivity (Wildman–Crippen MR) is 71.4 cm³/mol. The Bertz CT molecular complexity index is 392. The fourth-order valence-corrected chi connectivity index (χ4v) is 2.34. The summed E-state index contributed by atoms with van der Waals surface area (Å²) in [5, 5.41) is 9.18. The molecule has 0 bridgehead atoms. The lowest BCUT2D eigenvalue weighted by Gasteiger charge is -2.39. The minimum atomic E-state index is 0.130. The Labute approximate surface area is 104 Å². The van der Waals surface area contributed by atoms with Gasteiger partial charge in [0.1, 0.15) is 0 Å². The van der Waals surface area contributed by atoms with Crippen molar-refractivity contribution in [1.82, 2.24) is 4.90 Å². The van der Waals surface area contributed by atoms with E-state index in [1.54, 1.807) is 0 Å². The van der Waals surface area contributed by atoms with E-state index in [1.165, 1.54) is 11.3 Å². The van der Waals surface area contributed by atoms with Crippen molar-refractivity contribution in [3.63, 3.8) is 0 Å². The monoisotopic (exact) mass is 234 g/mol. The van der Waals surface area contributed by atoms with Gasteiger partial charge in [0.2, 0.25) is 0 Å². The van der Waals surface area contributed by atoms with Crippen molar-refractivity contribution >= 4 is 5.69 Å². The van der Waals surface area contributed by atoms with E-state index in [-0.39, 0.29) is 6.61 Å². The molecular weight excluding hydrogens is 212 g/mol. The number of nitrogens with zero attached hydrogens (tertiary/aromatic N) is 2. The summed E-state index contributed by atoms with van der Waals surface area (Å²) in [4.78, 5) is 4.82. The first-order valence-electron chi connectivity index (χ1n) is 6.27. The molecule has 3 heteroatoms. The lowest BCUT2D eigenvalue weighted by Crippen LogP contribution is -2.50. The highest BCUT2D eigenvalue weighted by molar-refractivity contribution is 5.51. The zero-order valence-corrected chi connectivity index (χ0v) is 11.0. The minimum Gasteiger partial charge on any atom is -0.392 e. The van der Waals surface area contributed by atoms with Crippen LogP contribution < -0.4 is 4.90 Å². The van der Waals surface area contributed by atoms with E-state index >= 15 is 0 Å². The molecule has 1 unspecified atom stereocenters. The predicted octanol–water partition coefficient (Wildman–Crippen LogP) is 1.63. The quantitative estimate of drug-likeness (QED) is 0.842. The Morgan fingerprint density at radius 2 is 2.12 bits per heavy atom. The smallest absolute Gasteiger partial charge is 0.0684 e. The minimum absolute atomic E-state index is 0.130. The zero-order valence-electron chi connectivity index (χ0n) is 11.0. The third kappa shape index (κ3) is 2.61. The molecule has 17 heavy (non-hydrogen) atoms. The van der Waals surface area contributed by atoms with E-state index in [0.717, 1.165) is 25.2 Å². The Morgan fingerprint density at radius 3 is 2.71 bits per heavy atom. The van der Waals surface area contributed by atoms with Gasteiger partial charge in [-0.1, -0.05) is 6.07 Å². The second-order valence-electron chi connectivity index (χ2n) is 5.04. The van der Waals surface area contributed by atoms with Crippen LogP contribution in [0, 0.1) is 6.92 Å². The highest BCUT2D eigenvalue weighted by atomic mass is 16.3. The summed E-state index contributed by atoms with van der Waals surface area (Å²) in [6.07, 6.45) is 0. The van der Waals surface area contributed by atoms with Crippen molar-refractivity contribution < 1.29 is 5.11 Å². The van der Waals surface area contributed by atoms with Crippen molar-refractivity contribution in [1.29, 1.82) is 0 Å². The van der Waals surface area contributed by atoms with Crippen LogP contribution in [0.5, 0.6) is 0 Å². The second kappa shape index (κ2) is 5.07. The molecule has 94 valence electrons. The summed E-state index contributed by atoms with van der Waals surface area (Å²) in [7, 11) is 2.18. The molecule has 1 N–H and O–H groups in total. The SMILES string of the molecule is Cc1cc(N2CCN(C)C(C)C2)ccc1CO. The van der Waals surface area contributed by atoms with Crippen LogP contribution >= 0.6 is 0 Å². The molecule has 0 saturated carbocycles. The first kappa shape index (κ1) is 12.4. The second-order valence-corrected chi connectivity index (χ2v) is 5.04. The lowest BCUT2D eigenvalue weighted by molar-refractivity contribution is 0.234. The standard InChI is InChI=1S/C14H22N2O/c1-11-8-14(5-4-13(11)10-17)16-7-6-15(3)12(2)9-16/h4-5,8,12,17H,6-7,9-10H2,1-3H3. The number of likely N-dealkylation sites (N-methyl/N-ethyl adjacent to an activating group) is 1. The molecule has 0 amide bonds. The number of aliphatic hydroxyl groups excluding tert-OH is 1. The van der Waals surface area contributed by atoms with E-state index in [2.05, 4.69) is 42.8 Å². The molecule has 2 rings (SSSR count). The normalized spacial score (nSPS) is 21.9. The van der Waals surface area contributed by atoms with Gasteiger partial charge in [0.05, 0.1) is 6.61 Å². The molecule has 0 aromatic heterocycles. The van der Waals surface area contributed by atoms with E-state index in [0.29, 0.717) is 6.04 Å². The van der Waals surface area contributed by atoms with Crippen LogP contribution in [0.15, 0.2) is 18.2 Å². The number of rotatable bonds is 2. The van der Waals surface area contributed by atoms with Gasteiger partial charge < -0.3 is 14.9 Å². The van der Waals surface area contributed by atoms with Crippen LogP contribution in [-0.4, -0.2) is 42.7 Å². The number of piperazine rings is 1. The Kier molecular flexibility index (Phi) is 3.69. The van der Waals surface area contributed by atoms with Crippen LogP contribution in [0.1, 0.15) is 18.1 Å². The van der Waals surface area contributed by atoms with Gasteiger partial charge in [0.25, 0.3) is 0 Å². The van der Waals surface area contributed by atoms with Gasteiger partial charge in [0, 0.05) is 31.4 Å². The molecule has 0 radical (unpaired) electrons. The van der Waals surface area contributed by atoms with Gasteiger partial charge in [-0.15, -0.1) is 0 Å². The molecule has 1 aliphatic heterocycles. The summed E-state index contributed by atoms with van der Waals surface area (Å²) in [5.41, 5.74) is 3.48. The third-order valence-corrected chi connectivity index (χ3v) is 3.82. The maximum Gasteiger partial charge on any atom is 0.0684 e. The van der Waals surface area contributed by atoms with Crippen molar-refractivity contribution in [2.24, 2.45) is 0 Å². The van der Waals surface area contributed by atoms with Crippen molar-refractivity contribution in [3.05, 3.63) is 29.3 Å². The third-order valence-electron chi connectivity index (χ3n) is 3.82. The largest absolute Gasteiger partial charge is 0.392 e. The fourth-order valence-electron chi connectivity index (χ4n) is 2.34. The van der Waals surface area contributed by atoms with E-state index in [9.17, 15) is 5.11 Å². The van der Waals surface area contributed by atoms with E-state index in [1.807, 2.05) is 6.07 Å². The number of benzene rings is 1. The number of hydrogen-bond acceptors (Lipinski definition) is 3. The van der Waals surface area contributed by atoms with Crippen LogP contribution in [0.4, 0.5) is 5.69 Å².